The van der Waals surface area contributed by atoms with E-state index >= 15 is 0 Å². The minimum Gasteiger partial charge on any atom is -0.497 e. The number of carbonyl (C=O) groups is 1. The van der Waals surface area contributed by atoms with Crippen molar-refractivity contribution >= 4 is 5.97 Å². The van der Waals surface area contributed by atoms with Crippen LogP contribution < -0.4 is 15.2 Å². The van der Waals surface area contributed by atoms with Crippen molar-refractivity contribution in [2.45, 2.75) is 6.04 Å². The third-order valence-corrected chi connectivity index (χ3v) is 2.23. The molecule has 0 amide bonds. The van der Waals surface area contributed by atoms with Gasteiger partial charge in [-0.05, 0) is 12.1 Å². The van der Waals surface area contributed by atoms with Crippen molar-refractivity contribution in [3.63, 3.8) is 0 Å². The third-order valence-electron chi connectivity index (χ3n) is 2.23. The molecular weight excluding hydrogens is 210 g/mol. The van der Waals surface area contributed by atoms with Crippen molar-refractivity contribution in [3.8, 4) is 11.5 Å². The van der Waals surface area contributed by atoms with Crippen LogP contribution in [0.2, 0.25) is 0 Å². The Morgan fingerprint density at radius 3 is 2.44 bits per heavy atom. The molecule has 2 N–H and O–H groups in total. The van der Waals surface area contributed by atoms with Gasteiger partial charge in [0.25, 0.3) is 0 Å². The van der Waals surface area contributed by atoms with Crippen LogP contribution in [0.25, 0.3) is 0 Å². The van der Waals surface area contributed by atoms with Crippen molar-refractivity contribution in [2.75, 3.05) is 21.3 Å². The van der Waals surface area contributed by atoms with Gasteiger partial charge < -0.3 is 19.9 Å². The van der Waals surface area contributed by atoms with Gasteiger partial charge in [0.1, 0.15) is 17.5 Å². The van der Waals surface area contributed by atoms with Gasteiger partial charge in [-0.25, -0.2) is 0 Å². The van der Waals surface area contributed by atoms with Crippen LogP contribution in [0.15, 0.2) is 18.2 Å². The molecule has 1 rings (SSSR count). The van der Waals surface area contributed by atoms with E-state index in [2.05, 4.69) is 4.74 Å². The summed E-state index contributed by atoms with van der Waals surface area (Å²) >= 11 is 0. The Kier molecular flexibility index (Phi) is 4.13. The number of esters is 1. The van der Waals surface area contributed by atoms with Crippen LogP contribution >= 0.6 is 0 Å². The van der Waals surface area contributed by atoms with Crippen LogP contribution in [-0.2, 0) is 9.53 Å². The number of nitrogens with two attached hydrogens (primary N) is 1. The molecule has 0 spiro atoms. The zero-order chi connectivity index (χ0) is 12.1. The Hall–Kier alpha value is -1.75. The number of hydrogen-bond donors (Lipinski definition) is 1. The number of rotatable bonds is 4. The second kappa shape index (κ2) is 5.37. The highest BCUT2D eigenvalue weighted by Crippen LogP contribution is 2.28. The van der Waals surface area contributed by atoms with Crippen molar-refractivity contribution in [1.82, 2.24) is 0 Å². The van der Waals surface area contributed by atoms with Crippen molar-refractivity contribution < 1.29 is 19.0 Å². The molecule has 0 aliphatic carbocycles. The molecule has 16 heavy (non-hydrogen) atoms. The van der Waals surface area contributed by atoms with E-state index in [9.17, 15) is 4.79 Å². The molecule has 0 heterocycles. The maximum absolute atomic E-state index is 11.3. The molecule has 5 nitrogen and oxygen atoms in total. The molecule has 88 valence electrons. The summed E-state index contributed by atoms with van der Waals surface area (Å²) in [6.07, 6.45) is 0. The van der Waals surface area contributed by atoms with E-state index < -0.39 is 12.0 Å². The van der Waals surface area contributed by atoms with Gasteiger partial charge in [-0.3, -0.25) is 4.79 Å². The number of ether oxygens (including phenoxy) is 3. The second-order valence-electron chi connectivity index (χ2n) is 3.11. The highest BCUT2D eigenvalue weighted by Gasteiger charge is 2.20. The lowest BCUT2D eigenvalue weighted by atomic mass is 10.1. The van der Waals surface area contributed by atoms with E-state index in [4.69, 9.17) is 15.2 Å². The summed E-state index contributed by atoms with van der Waals surface area (Å²) in [4.78, 5) is 11.3. The summed E-state index contributed by atoms with van der Waals surface area (Å²) in [5.74, 6) is 0.624. The molecule has 0 radical (unpaired) electrons. The topological polar surface area (TPSA) is 70.8 Å². The minimum atomic E-state index is -0.856. The first-order chi connectivity index (χ1) is 7.63. The predicted molar refractivity (Wildman–Crippen MR) is 58.5 cm³/mol. The number of hydrogen-bond acceptors (Lipinski definition) is 5. The Labute approximate surface area is 94.1 Å². The van der Waals surface area contributed by atoms with Crippen LogP contribution in [0.1, 0.15) is 11.6 Å². The van der Waals surface area contributed by atoms with Gasteiger partial charge in [0.05, 0.1) is 21.3 Å². The standard InChI is InChI=1S/C11H15NO4/c1-14-7-4-5-8(9(6-7)15-2)10(12)11(13)16-3/h4-6,10H,12H2,1-3H3/t10-/m0/s1. The highest BCUT2D eigenvalue weighted by atomic mass is 16.5. The second-order valence-corrected chi connectivity index (χ2v) is 3.11. The number of carbonyl (C=O) groups excluding carboxylic acids is 1. The summed E-state index contributed by atoms with van der Waals surface area (Å²) in [6, 6.07) is 4.20. The Morgan fingerprint density at radius 1 is 1.25 bits per heavy atom. The quantitative estimate of drug-likeness (QED) is 0.770. The largest absolute Gasteiger partial charge is 0.497 e. The minimum absolute atomic E-state index is 0.497. The van der Waals surface area contributed by atoms with Crippen LogP contribution in [-0.4, -0.2) is 27.3 Å². The van der Waals surface area contributed by atoms with Gasteiger partial charge in [0, 0.05) is 11.6 Å². The lowest BCUT2D eigenvalue weighted by molar-refractivity contribution is -0.142. The smallest absolute Gasteiger partial charge is 0.327 e. The van der Waals surface area contributed by atoms with Crippen molar-refractivity contribution in [3.05, 3.63) is 23.8 Å². The molecule has 1 aromatic carbocycles. The molecule has 1 aromatic rings. The van der Waals surface area contributed by atoms with Crippen LogP contribution in [0.3, 0.4) is 0 Å². The molecule has 0 unspecified atom stereocenters. The zero-order valence-corrected chi connectivity index (χ0v) is 9.52. The summed E-state index contributed by atoms with van der Waals surface area (Å²) < 4.78 is 14.7. The normalized spacial score (nSPS) is 11.8. The van der Waals surface area contributed by atoms with Gasteiger partial charge in [-0.15, -0.1) is 0 Å². The molecule has 0 fully saturated rings. The Morgan fingerprint density at radius 2 is 1.94 bits per heavy atom. The van der Waals surface area contributed by atoms with Crippen molar-refractivity contribution in [2.24, 2.45) is 5.73 Å². The summed E-state index contributed by atoms with van der Waals surface area (Å²) in [6.45, 7) is 0. The molecule has 0 aliphatic heterocycles. The highest BCUT2D eigenvalue weighted by molar-refractivity contribution is 5.78. The molecule has 0 saturated heterocycles. The van der Waals surface area contributed by atoms with E-state index in [1.807, 2.05) is 0 Å². The first-order valence-corrected chi connectivity index (χ1v) is 4.69. The molecule has 1 atom stereocenters. The first kappa shape index (κ1) is 12.3. The van der Waals surface area contributed by atoms with E-state index in [0.29, 0.717) is 17.1 Å². The summed E-state index contributed by atoms with van der Waals surface area (Å²) in [7, 11) is 4.34. The molecule has 0 bridgehead atoms. The van der Waals surface area contributed by atoms with Gasteiger partial charge in [0.2, 0.25) is 0 Å². The number of methoxy groups -OCH3 is 3. The average Bonchev–Trinajstić information content (AvgIpc) is 2.35. The van der Waals surface area contributed by atoms with Crippen molar-refractivity contribution in [1.29, 1.82) is 0 Å². The number of benzene rings is 1. The zero-order valence-electron chi connectivity index (χ0n) is 9.52. The van der Waals surface area contributed by atoms with Crippen LogP contribution in [0, 0.1) is 0 Å². The SMILES string of the molecule is COC(=O)[C@@H](N)c1ccc(OC)cc1OC. The maximum Gasteiger partial charge on any atom is 0.327 e. The lowest BCUT2D eigenvalue weighted by Crippen LogP contribution is -2.23. The molecule has 0 aliphatic rings. The fourth-order valence-electron chi connectivity index (χ4n) is 1.33. The third kappa shape index (κ3) is 2.43. The Balaban J connectivity index is 3.08. The van der Waals surface area contributed by atoms with Gasteiger partial charge in [-0.1, -0.05) is 0 Å². The van der Waals surface area contributed by atoms with Crippen LogP contribution in [0.4, 0.5) is 0 Å². The fraction of sp³-hybridized carbons (Fsp3) is 0.364. The summed E-state index contributed by atoms with van der Waals surface area (Å²) in [5.41, 5.74) is 6.29. The van der Waals surface area contributed by atoms with Gasteiger partial charge >= 0.3 is 5.97 Å². The molecule has 5 heteroatoms. The predicted octanol–water partition coefficient (Wildman–Crippen LogP) is 0.877. The molecule has 0 saturated carbocycles. The fourth-order valence-corrected chi connectivity index (χ4v) is 1.33. The van der Waals surface area contributed by atoms with Crippen LogP contribution in [0.5, 0.6) is 11.5 Å². The van der Waals surface area contributed by atoms with E-state index in [0.717, 1.165) is 0 Å². The average molecular weight is 225 g/mol. The van der Waals surface area contributed by atoms with E-state index in [1.165, 1.54) is 14.2 Å². The van der Waals surface area contributed by atoms with Gasteiger partial charge in [0.15, 0.2) is 0 Å². The molecule has 0 aromatic heterocycles. The maximum atomic E-state index is 11.3. The Bertz CT molecular complexity index is 378. The molecular formula is C11H15NO4. The monoisotopic (exact) mass is 225 g/mol. The summed E-state index contributed by atoms with van der Waals surface area (Å²) in [5, 5.41) is 0. The van der Waals surface area contributed by atoms with E-state index in [-0.39, 0.29) is 0 Å². The van der Waals surface area contributed by atoms with Gasteiger partial charge in [-0.2, -0.15) is 0 Å². The lowest BCUT2D eigenvalue weighted by Gasteiger charge is -2.14. The van der Waals surface area contributed by atoms with E-state index in [1.54, 1.807) is 25.3 Å². The first-order valence-electron chi connectivity index (χ1n) is 4.69.